The molecule has 1 aliphatic rings. The third kappa shape index (κ3) is 5.07. The minimum atomic E-state index is -0.811. The molecule has 0 radical (unpaired) electrons. The van der Waals surface area contributed by atoms with Crippen LogP contribution in [0.4, 0.5) is 10.5 Å². The van der Waals surface area contributed by atoms with Gasteiger partial charge in [-0.2, -0.15) is 0 Å². The van der Waals surface area contributed by atoms with Crippen LogP contribution in [0.5, 0.6) is 0 Å². The van der Waals surface area contributed by atoms with Crippen LogP contribution >= 0.6 is 27.5 Å². The smallest absolute Gasteiger partial charge is 0.273 e. The van der Waals surface area contributed by atoms with Crippen LogP contribution in [0.15, 0.2) is 70.7 Å². The van der Waals surface area contributed by atoms with Crippen molar-refractivity contribution in [1.82, 2.24) is 5.32 Å². The molecule has 1 aliphatic heterocycles. The van der Waals surface area contributed by atoms with Gasteiger partial charge in [-0.1, -0.05) is 69.0 Å². The number of hydrogen-bond acceptors (Lipinski definition) is 3. The fourth-order valence-electron chi connectivity index (χ4n) is 3.91. The summed E-state index contributed by atoms with van der Waals surface area (Å²) in [6.07, 6.45) is 2.16. The molecular formula is C26H20BrClN2O3. The monoisotopic (exact) mass is 522 g/mol. The molecule has 0 aromatic heterocycles. The summed E-state index contributed by atoms with van der Waals surface area (Å²) in [5.74, 6) is -1.44. The molecule has 0 aliphatic carbocycles. The van der Waals surface area contributed by atoms with Crippen molar-refractivity contribution in [2.24, 2.45) is 0 Å². The van der Waals surface area contributed by atoms with Gasteiger partial charge in [0, 0.05) is 9.50 Å². The van der Waals surface area contributed by atoms with E-state index < -0.39 is 17.8 Å². The molecule has 0 spiro atoms. The Kier molecular flexibility index (Phi) is 6.49. The summed E-state index contributed by atoms with van der Waals surface area (Å²) in [7, 11) is 0. The number of benzene rings is 3. The lowest BCUT2D eigenvalue weighted by atomic mass is 9.95. The molecular weight excluding hydrogens is 504 g/mol. The number of carbonyl (C=O) groups is 3. The van der Waals surface area contributed by atoms with E-state index in [2.05, 4.69) is 39.4 Å². The first-order valence-corrected chi connectivity index (χ1v) is 11.4. The van der Waals surface area contributed by atoms with Crippen LogP contribution in [-0.4, -0.2) is 17.8 Å². The van der Waals surface area contributed by atoms with Gasteiger partial charge in [-0.25, -0.2) is 9.69 Å². The van der Waals surface area contributed by atoms with Gasteiger partial charge in [0.15, 0.2) is 0 Å². The number of nitrogens with zero attached hydrogens (tertiary/aromatic N) is 1. The van der Waals surface area contributed by atoms with Gasteiger partial charge in [-0.05, 0) is 73.4 Å². The van der Waals surface area contributed by atoms with Crippen molar-refractivity contribution in [3.05, 3.63) is 104 Å². The number of carbonyl (C=O) groups excluding carboxylic acids is 3. The molecule has 1 heterocycles. The molecule has 4 rings (SSSR count). The predicted octanol–water partition coefficient (Wildman–Crippen LogP) is 5.98. The summed E-state index contributed by atoms with van der Waals surface area (Å²) in [4.78, 5) is 39.2. The fraction of sp³-hybridized carbons (Fsp3) is 0.115. The highest BCUT2D eigenvalue weighted by atomic mass is 79.9. The van der Waals surface area contributed by atoms with Gasteiger partial charge >= 0.3 is 6.03 Å². The summed E-state index contributed by atoms with van der Waals surface area (Å²) < 4.78 is 0.810. The Morgan fingerprint density at radius 3 is 2.39 bits per heavy atom. The number of hydrogen-bond donors (Lipinski definition) is 1. The summed E-state index contributed by atoms with van der Waals surface area (Å²) >= 11 is 9.51. The number of imide groups is 2. The number of aryl methyl sites for hydroxylation is 2. The molecule has 3 aromatic rings. The average molecular weight is 524 g/mol. The van der Waals surface area contributed by atoms with Gasteiger partial charge in [0.2, 0.25) is 0 Å². The second kappa shape index (κ2) is 9.33. The van der Waals surface area contributed by atoms with Crippen molar-refractivity contribution in [2.75, 3.05) is 4.90 Å². The minimum Gasteiger partial charge on any atom is -0.273 e. The minimum absolute atomic E-state index is 0.130. The van der Waals surface area contributed by atoms with Crippen LogP contribution in [0.3, 0.4) is 0 Å². The van der Waals surface area contributed by atoms with E-state index in [1.807, 2.05) is 32.0 Å². The van der Waals surface area contributed by atoms with Crippen LogP contribution in [0, 0.1) is 13.8 Å². The molecule has 1 saturated heterocycles. The standard InChI is InChI=1S/C26H20BrClN2O3/c1-15-8-16(2)10-17(9-15)11-18-6-7-20(27)12-19(18)13-23-24(31)29-26(33)30(25(23)32)22-5-3-4-21(28)14-22/h3-10,12-14H,11H2,1-2H3,(H,29,31,33)/b23-13+. The Morgan fingerprint density at radius 1 is 0.970 bits per heavy atom. The largest absolute Gasteiger partial charge is 0.335 e. The van der Waals surface area contributed by atoms with E-state index in [9.17, 15) is 14.4 Å². The van der Waals surface area contributed by atoms with Crippen LogP contribution < -0.4 is 10.2 Å². The van der Waals surface area contributed by atoms with Crippen molar-refractivity contribution < 1.29 is 14.4 Å². The maximum absolute atomic E-state index is 13.2. The fourth-order valence-corrected chi connectivity index (χ4v) is 4.48. The number of rotatable bonds is 4. The van der Waals surface area contributed by atoms with Crippen LogP contribution in [0.25, 0.3) is 6.08 Å². The normalized spacial score (nSPS) is 15.2. The second-order valence-corrected chi connectivity index (χ2v) is 9.31. The first-order chi connectivity index (χ1) is 15.7. The van der Waals surface area contributed by atoms with E-state index >= 15 is 0 Å². The van der Waals surface area contributed by atoms with Gasteiger partial charge in [0.25, 0.3) is 11.8 Å². The molecule has 0 unspecified atom stereocenters. The average Bonchev–Trinajstić information content (AvgIpc) is 2.72. The highest BCUT2D eigenvalue weighted by Crippen LogP contribution is 2.27. The van der Waals surface area contributed by atoms with E-state index in [1.54, 1.807) is 18.2 Å². The Hall–Kier alpha value is -3.22. The molecule has 4 amide bonds. The zero-order chi connectivity index (χ0) is 23.7. The summed E-state index contributed by atoms with van der Waals surface area (Å²) in [6.45, 7) is 4.10. The van der Waals surface area contributed by atoms with E-state index in [0.29, 0.717) is 17.0 Å². The van der Waals surface area contributed by atoms with Gasteiger partial charge in [0.05, 0.1) is 5.69 Å². The van der Waals surface area contributed by atoms with Crippen molar-refractivity contribution in [2.45, 2.75) is 20.3 Å². The number of halogens is 2. The SMILES string of the molecule is Cc1cc(C)cc(Cc2ccc(Br)cc2/C=C2\C(=O)NC(=O)N(c3cccc(Cl)c3)C2=O)c1. The molecule has 0 atom stereocenters. The lowest BCUT2D eigenvalue weighted by Gasteiger charge is -2.26. The van der Waals surface area contributed by atoms with E-state index in [-0.39, 0.29) is 11.3 Å². The van der Waals surface area contributed by atoms with Crippen LogP contribution in [0.1, 0.15) is 27.8 Å². The number of barbiturate groups is 1. The van der Waals surface area contributed by atoms with Crippen LogP contribution in [0.2, 0.25) is 5.02 Å². The number of urea groups is 1. The molecule has 1 N–H and O–H groups in total. The van der Waals surface area contributed by atoms with Crippen molar-refractivity contribution >= 4 is 57.1 Å². The lowest BCUT2D eigenvalue weighted by Crippen LogP contribution is -2.54. The highest BCUT2D eigenvalue weighted by molar-refractivity contribution is 9.10. The zero-order valence-electron chi connectivity index (χ0n) is 18.0. The number of anilines is 1. The summed E-state index contributed by atoms with van der Waals surface area (Å²) in [5.41, 5.74) is 5.27. The molecule has 33 heavy (non-hydrogen) atoms. The van der Waals surface area contributed by atoms with Gasteiger partial charge in [-0.3, -0.25) is 14.9 Å². The number of amides is 4. The van der Waals surface area contributed by atoms with E-state index in [0.717, 1.165) is 20.5 Å². The van der Waals surface area contributed by atoms with Gasteiger partial charge in [-0.15, -0.1) is 0 Å². The summed E-state index contributed by atoms with van der Waals surface area (Å²) in [5, 5.41) is 2.62. The Balaban J connectivity index is 1.75. The lowest BCUT2D eigenvalue weighted by molar-refractivity contribution is -0.122. The first kappa shape index (κ1) is 23.0. The Morgan fingerprint density at radius 2 is 1.70 bits per heavy atom. The Bertz CT molecular complexity index is 1310. The molecule has 1 fully saturated rings. The molecule has 0 bridgehead atoms. The number of nitrogens with one attached hydrogen (secondary N) is 1. The van der Waals surface area contributed by atoms with Gasteiger partial charge < -0.3 is 0 Å². The molecule has 3 aromatic carbocycles. The highest BCUT2D eigenvalue weighted by Gasteiger charge is 2.37. The van der Waals surface area contributed by atoms with E-state index in [4.69, 9.17) is 11.6 Å². The maximum atomic E-state index is 13.2. The molecule has 0 saturated carbocycles. The van der Waals surface area contributed by atoms with Crippen molar-refractivity contribution in [3.8, 4) is 0 Å². The topological polar surface area (TPSA) is 66.5 Å². The van der Waals surface area contributed by atoms with E-state index in [1.165, 1.54) is 23.3 Å². The quantitative estimate of drug-likeness (QED) is 0.338. The summed E-state index contributed by atoms with van der Waals surface area (Å²) in [6, 6.07) is 17.6. The van der Waals surface area contributed by atoms with Crippen molar-refractivity contribution in [1.29, 1.82) is 0 Å². The maximum Gasteiger partial charge on any atom is 0.335 e. The predicted molar refractivity (Wildman–Crippen MR) is 133 cm³/mol. The van der Waals surface area contributed by atoms with Crippen LogP contribution in [-0.2, 0) is 16.0 Å². The third-order valence-electron chi connectivity index (χ3n) is 5.25. The molecule has 166 valence electrons. The second-order valence-electron chi connectivity index (χ2n) is 7.95. The molecule has 7 heteroatoms. The first-order valence-electron chi connectivity index (χ1n) is 10.2. The third-order valence-corrected chi connectivity index (χ3v) is 5.98. The molecule has 5 nitrogen and oxygen atoms in total. The van der Waals surface area contributed by atoms with Crippen molar-refractivity contribution in [3.63, 3.8) is 0 Å². The Labute approximate surface area is 205 Å². The zero-order valence-corrected chi connectivity index (χ0v) is 20.3. The van der Waals surface area contributed by atoms with Gasteiger partial charge in [0.1, 0.15) is 5.57 Å².